The first-order chi connectivity index (χ1) is 11.0. The van der Waals surface area contributed by atoms with Crippen molar-refractivity contribution in [3.8, 4) is 11.4 Å². The van der Waals surface area contributed by atoms with Gasteiger partial charge in [0.1, 0.15) is 5.82 Å². The highest BCUT2D eigenvalue weighted by molar-refractivity contribution is 5.85. The maximum absolute atomic E-state index is 13.3. The van der Waals surface area contributed by atoms with Gasteiger partial charge in [-0.1, -0.05) is 5.16 Å². The molecule has 3 rings (SSSR count). The van der Waals surface area contributed by atoms with E-state index in [2.05, 4.69) is 10.1 Å². The smallest absolute Gasteiger partial charge is 0.307 e. The van der Waals surface area contributed by atoms with Gasteiger partial charge in [-0.05, 0) is 50.6 Å². The fourth-order valence-electron chi connectivity index (χ4n) is 2.80. The molecule has 2 atom stereocenters. The molecule has 0 spiro atoms. The summed E-state index contributed by atoms with van der Waals surface area (Å²) in [6.07, 6.45) is 0.623. The van der Waals surface area contributed by atoms with Crippen molar-refractivity contribution in [3.63, 3.8) is 0 Å². The molecule has 0 radical (unpaired) electrons. The third kappa shape index (κ3) is 3.57. The summed E-state index contributed by atoms with van der Waals surface area (Å²) in [7, 11) is 0. The van der Waals surface area contributed by atoms with E-state index in [1.54, 1.807) is 19.1 Å². The van der Waals surface area contributed by atoms with E-state index in [9.17, 15) is 9.18 Å². The number of aliphatic carboxylic acids is 1. The number of aromatic nitrogens is 2. The molecule has 1 aromatic heterocycles. The van der Waals surface area contributed by atoms with E-state index in [4.69, 9.17) is 9.63 Å². The number of carboxylic acid groups (broad SMARTS) is 1. The summed E-state index contributed by atoms with van der Waals surface area (Å²) in [4.78, 5) is 17.4. The summed E-state index contributed by atoms with van der Waals surface area (Å²) < 4.78 is 18.7. The zero-order chi connectivity index (χ0) is 16.6. The van der Waals surface area contributed by atoms with Gasteiger partial charge in [-0.2, -0.15) is 4.98 Å². The zero-order valence-electron chi connectivity index (χ0n) is 13.4. The van der Waals surface area contributed by atoms with Gasteiger partial charge in [-0.25, -0.2) is 4.39 Å². The van der Waals surface area contributed by atoms with Crippen LogP contribution in [0.25, 0.3) is 11.4 Å². The van der Waals surface area contributed by atoms with Crippen LogP contribution in [0, 0.1) is 18.7 Å². The van der Waals surface area contributed by atoms with Crippen molar-refractivity contribution in [2.24, 2.45) is 5.92 Å². The molecule has 8 heteroatoms. The van der Waals surface area contributed by atoms with Crippen LogP contribution in [0.2, 0.25) is 0 Å². The lowest BCUT2D eigenvalue weighted by atomic mass is 10.1. The lowest BCUT2D eigenvalue weighted by Crippen LogP contribution is -2.26. The highest BCUT2D eigenvalue weighted by Crippen LogP contribution is 2.28. The highest BCUT2D eigenvalue weighted by atomic mass is 35.5. The van der Waals surface area contributed by atoms with E-state index in [-0.39, 0.29) is 30.2 Å². The molecule has 1 fully saturated rings. The minimum atomic E-state index is -0.771. The number of likely N-dealkylation sites (tertiary alicyclic amines) is 1. The van der Waals surface area contributed by atoms with E-state index >= 15 is 0 Å². The number of carbonyl (C=O) groups is 1. The minimum absolute atomic E-state index is 0. The number of hydrogen-bond donors (Lipinski definition) is 1. The second-order valence-corrected chi connectivity index (χ2v) is 5.91. The van der Waals surface area contributed by atoms with Crippen molar-refractivity contribution in [3.05, 3.63) is 35.5 Å². The van der Waals surface area contributed by atoms with Crippen molar-refractivity contribution < 1.29 is 18.8 Å². The Balaban J connectivity index is 0.00000208. The lowest BCUT2D eigenvalue weighted by Gasteiger charge is -2.20. The molecule has 24 heavy (non-hydrogen) atoms. The van der Waals surface area contributed by atoms with Gasteiger partial charge in [-0.3, -0.25) is 9.69 Å². The zero-order valence-corrected chi connectivity index (χ0v) is 14.2. The van der Waals surface area contributed by atoms with Gasteiger partial charge in [-0.15, -0.1) is 12.4 Å². The van der Waals surface area contributed by atoms with E-state index in [0.717, 1.165) is 0 Å². The highest BCUT2D eigenvalue weighted by Gasteiger charge is 2.33. The Morgan fingerprint density at radius 1 is 1.50 bits per heavy atom. The number of hydrogen-bond acceptors (Lipinski definition) is 5. The van der Waals surface area contributed by atoms with Gasteiger partial charge in [0.15, 0.2) is 0 Å². The molecule has 2 heterocycles. The average molecular weight is 356 g/mol. The Hall–Kier alpha value is -1.99. The van der Waals surface area contributed by atoms with E-state index in [1.807, 2.05) is 11.8 Å². The van der Waals surface area contributed by atoms with E-state index < -0.39 is 5.97 Å². The van der Waals surface area contributed by atoms with Gasteiger partial charge in [0.25, 0.3) is 0 Å². The molecule has 2 unspecified atom stereocenters. The maximum atomic E-state index is 13.3. The van der Waals surface area contributed by atoms with Crippen molar-refractivity contribution in [2.45, 2.75) is 26.3 Å². The third-order valence-corrected chi connectivity index (χ3v) is 4.33. The van der Waals surface area contributed by atoms with E-state index in [0.29, 0.717) is 42.4 Å². The Morgan fingerprint density at radius 3 is 2.88 bits per heavy atom. The number of aryl methyl sites for hydroxylation is 1. The summed E-state index contributed by atoms with van der Waals surface area (Å²) in [5, 5.41) is 13.0. The van der Waals surface area contributed by atoms with Gasteiger partial charge in [0.2, 0.25) is 11.7 Å². The van der Waals surface area contributed by atoms with Crippen LogP contribution in [-0.2, 0) is 4.79 Å². The van der Waals surface area contributed by atoms with Crippen LogP contribution in [0.5, 0.6) is 0 Å². The average Bonchev–Trinajstić information content (AvgIpc) is 3.18. The van der Waals surface area contributed by atoms with Crippen molar-refractivity contribution >= 4 is 18.4 Å². The normalized spacial score (nSPS) is 19.0. The Morgan fingerprint density at radius 2 is 2.25 bits per heavy atom. The predicted molar refractivity (Wildman–Crippen MR) is 87.4 cm³/mol. The summed E-state index contributed by atoms with van der Waals surface area (Å²) >= 11 is 0. The van der Waals surface area contributed by atoms with Crippen LogP contribution in [0.3, 0.4) is 0 Å². The molecule has 1 aliphatic rings. The molecule has 0 saturated carbocycles. The first-order valence-corrected chi connectivity index (χ1v) is 7.52. The summed E-state index contributed by atoms with van der Waals surface area (Å²) in [5.41, 5.74) is 1.21. The van der Waals surface area contributed by atoms with Crippen LogP contribution in [0.1, 0.15) is 30.8 Å². The number of nitrogens with zero attached hydrogens (tertiary/aromatic N) is 3. The molecule has 1 saturated heterocycles. The minimum Gasteiger partial charge on any atom is -0.481 e. The maximum Gasteiger partial charge on any atom is 0.307 e. The molecule has 2 aromatic rings. The Kier molecular flexibility index (Phi) is 5.56. The van der Waals surface area contributed by atoms with Gasteiger partial charge < -0.3 is 9.63 Å². The number of rotatable bonds is 4. The molecule has 0 aliphatic carbocycles. The first-order valence-electron chi connectivity index (χ1n) is 7.52. The summed E-state index contributed by atoms with van der Waals surface area (Å²) in [5.74, 6) is -0.549. The van der Waals surface area contributed by atoms with Crippen molar-refractivity contribution in [2.75, 3.05) is 13.1 Å². The number of benzene rings is 1. The van der Waals surface area contributed by atoms with Crippen LogP contribution >= 0.6 is 12.4 Å². The van der Waals surface area contributed by atoms with Crippen molar-refractivity contribution in [1.29, 1.82) is 0 Å². The van der Waals surface area contributed by atoms with Gasteiger partial charge >= 0.3 is 5.97 Å². The van der Waals surface area contributed by atoms with Crippen LogP contribution in [0.4, 0.5) is 4.39 Å². The second-order valence-electron chi connectivity index (χ2n) is 5.91. The first kappa shape index (κ1) is 18.4. The summed E-state index contributed by atoms with van der Waals surface area (Å²) in [6, 6.07) is 4.51. The molecule has 1 N–H and O–H groups in total. The molecule has 0 bridgehead atoms. The Bertz CT molecular complexity index is 737. The fourth-order valence-corrected chi connectivity index (χ4v) is 2.80. The monoisotopic (exact) mass is 355 g/mol. The quantitative estimate of drug-likeness (QED) is 0.907. The van der Waals surface area contributed by atoms with Gasteiger partial charge in [0, 0.05) is 12.1 Å². The molecule has 1 aromatic carbocycles. The molecule has 1 aliphatic heterocycles. The third-order valence-electron chi connectivity index (χ3n) is 4.33. The predicted octanol–water partition coefficient (Wildman–Crippen LogP) is 3.07. The van der Waals surface area contributed by atoms with Gasteiger partial charge in [0.05, 0.1) is 12.0 Å². The van der Waals surface area contributed by atoms with E-state index in [1.165, 1.54) is 6.07 Å². The fraction of sp³-hybridized carbons (Fsp3) is 0.438. The SMILES string of the molecule is Cc1cc(-c2noc(C(C)N3CCC(C(=O)O)C3)n2)ccc1F.Cl. The van der Waals surface area contributed by atoms with Crippen LogP contribution < -0.4 is 0 Å². The molecule has 6 nitrogen and oxygen atoms in total. The van der Waals surface area contributed by atoms with Crippen LogP contribution in [0.15, 0.2) is 22.7 Å². The number of halogens is 2. The lowest BCUT2D eigenvalue weighted by molar-refractivity contribution is -0.141. The molecule has 130 valence electrons. The number of carboxylic acids is 1. The molecule has 0 amide bonds. The Labute approximate surface area is 145 Å². The standard InChI is InChI=1S/C16H18FN3O3.ClH/c1-9-7-11(3-4-13(9)17)14-18-15(23-19-14)10(2)20-6-5-12(8-20)16(21)22;/h3-4,7,10,12H,5-6,8H2,1-2H3,(H,21,22);1H. The molecular formula is C16H19ClFN3O3. The van der Waals surface area contributed by atoms with Crippen LogP contribution in [-0.4, -0.2) is 39.2 Å². The summed E-state index contributed by atoms with van der Waals surface area (Å²) in [6.45, 7) is 4.76. The topological polar surface area (TPSA) is 79.5 Å². The van der Waals surface area contributed by atoms with Crippen molar-refractivity contribution in [1.82, 2.24) is 15.0 Å². The largest absolute Gasteiger partial charge is 0.481 e. The second kappa shape index (κ2) is 7.27. The molecular weight excluding hydrogens is 337 g/mol.